The Morgan fingerprint density at radius 2 is 1.16 bits per heavy atom. The quantitative estimate of drug-likeness (QED) is 0.0223. The molecule has 0 aromatic rings. The molecular formula is C36H72NO7P. The molecule has 2 unspecified atom stereocenters. The number of allylic oxidation sites excluding steroid dienone is 2. The fraction of sp³-hybridized carbons (Fsp3) is 0.917. The molecule has 0 N–H and O–H groups in total. The summed E-state index contributed by atoms with van der Waals surface area (Å²) in [5.41, 5.74) is 0. The number of carbonyl (C=O) groups excluding carboxylic acids is 1. The van der Waals surface area contributed by atoms with E-state index in [0.29, 0.717) is 24.1 Å². The zero-order valence-corrected chi connectivity index (χ0v) is 31.0. The molecule has 0 spiro atoms. The fourth-order valence-electron chi connectivity index (χ4n) is 4.89. The summed E-state index contributed by atoms with van der Waals surface area (Å²) in [4.78, 5) is 24.8. The molecule has 0 aliphatic heterocycles. The number of esters is 1. The monoisotopic (exact) mass is 662 g/mol. The molecule has 8 nitrogen and oxygen atoms in total. The highest BCUT2D eigenvalue weighted by molar-refractivity contribution is 7.45. The summed E-state index contributed by atoms with van der Waals surface area (Å²) < 4.78 is 34.3. The predicted octanol–water partition coefficient (Wildman–Crippen LogP) is 9.30. The highest BCUT2D eigenvalue weighted by Gasteiger charge is 2.20. The van der Waals surface area contributed by atoms with Crippen LogP contribution in [0.15, 0.2) is 12.2 Å². The Morgan fingerprint density at radius 3 is 1.73 bits per heavy atom. The van der Waals surface area contributed by atoms with Crippen LogP contribution in [0.1, 0.15) is 155 Å². The highest BCUT2D eigenvalue weighted by atomic mass is 31.2. The van der Waals surface area contributed by atoms with Gasteiger partial charge in [0.2, 0.25) is 0 Å². The number of carbonyl (C=O) groups is 1. The summed E-state index contributed by atoms with van der Waals surface area (Å²) in [5, 5.41) is 0. The second kappa shape index (κ2) is 30.6. The first kappa shape index (κ1) is 44.2. The summed E-state index contributed by atoms with van der Waals surface area (Å²) in [6.45, 7) is 5.36. The molecule has 0 aliphatic carbocycles. The summed E-state index contributed by atoms with van der Waals surface area (Å²) in [6, 6.07) is 0. The topological polar surface area (TPSA) is 94.1 Å². The van der Waals surface area contributed by atoms with Crippen LogP contribution in [-0.2, 0) is 27.9 Å². The lowest BCUT2D eigenvalue weighted by molar-refractivity contribution is -0.870. The fourth-order valence-corrected chi connectivity index (χ4v) is 5.62. The first-order valence-corrected chi connectivity index (χ1v) is 19.9. The van der Waals surface area contributed by atoms with E-state index in [0.717, 1.165) is 32.1 Å². The minimum absolute atomic E-state index is 0.0275. The molecule has 0 amide bonds. The Balaban J connectivity index is 4.31. The second-order valence-electron chi connectivity index (χ2n) is 13.6. The summed E-state index contributed by atoms with van der Waals surface area (Å²) in [5.74, 6) is -0.339. The molecular weight excluding hydrogens is 589 g/mol. The Hall–Kier alpha value is -0.760. The summed E-state index contributed by atoms with van der Waals surface area (Å²) in [6.07, 6.45) is 29.3. The Bertz CT molecular complexity index is 741. The number of likely N-dealkylation sites (N-methyl/N-ethyl adjacent to an activating group) is 1. The Kier molecular flexibility index (Phi) is 30.0. The van der Waals surface area contributed by atoms with Crippen LogP contribution in [0.4, 0.5) is 0 Å². The van der Waals surface area contributed by atoms with Crippen LogP contribution in [0.3, 0.4) is 0 Å². The number of nitrogens with zero attached hydrogens (tertiary/aromatic N) is 1. The maximum atomic E-state index is 12.5. The van der Waals surface area contributed by atoms with E-state index in [1.165, 1.54) is 103 Å². The van der Waals surface area contributed by atoms with Crippen molar-refractivity contribution in [3.63, 3.8) is 0 Å². The van der Waals surface area contributed by atoms with Crippen molar-refractivity contribution < 1.29 is 37.3 Å². The number of rotatable bonds is 34. The number of phosphoric acid groups is 1. The first-order valence-electron chi connectivity index (χ1n) is 18.4. The maximum Gasteiger partial charge on any atom is 0.306 e. The van der Waals surface area contributed by atoms with Crippen molar-refractivity contribution in [2.24, 2.45) is 0 Å². The third kappa shape index (κ3) is 34.4. The van der Waals surface area contributed by atoms with E-state index < -0.39 is 13.9 Å². The molecule has 0 heterocycles. The van der Waals surface area contributed by atoms with Gasteiger partial charge in [-0.2, -0.15) is 0 Å². The van der Waals surface area contributed by atoms with Gasteiger partial charge in [0, 0.05) is 13.0 Å². The van der Waals surface area contributed by atoms with Gasteiger partial charge in [-0.15, -0.1) is 0 Å². The number of phosphoric ester groups is 1. The average molecular weight is 662 g/mol. The minimum Gasteiger partial charge on any atom is -0.756 e. The van der Waals surface area contributed by atoms with Crippen molar-refractivity contribution in [1.29, 1.82) is 0 Å². The highest BCUT2D eigenvalue weighted by Crippen LogP contribution is 2.38. The molecule has 0 fully saturated rings. The predicted molar refractivity (Wildman–Crippen MR) is 185 cm³/mol. The molecule has 0 saturated heterocycles. The number of ether oxygens (including phenoxy) is 2. The Morgan fingerprint density at radius 1 is 0.667 bits per heavy atom. The Labute approximate surface area is 278 Å². The van der Waals surface area contributed by atoms with Crippen LogP contribution in [0, 0.1) is 0 Å². The molecule has 45 heavy (non-hydrogen) atoms. The first-order chi connectivity index (χ1) is 21.6. The van der Waals surface area contributed by atoms with Gasteiger partial charge in [-0.25, -0.2) is 0 Å². The molecule has 0 aromatic carbocycles. The maximum absolute atomic E-state index is 12.5. The average Bonchev–Trinajstić information content (AvgIpc) is 2.98. The zero-order valence-electron chi connectivity index (χ0n) is 30.1. The van der Waals surface area contributed by atoms with Gasteiger partial charge in [-0.3, -0.25) is 9.36 Å². The van der Waals surface area contributed by atoms with Gasteiger partial charge in [0.15, 0.2) is 0 Å². The zero-order chi connectivity index (χ0) is 33.5. The molecule has 9 heteroatoms. The normalized spacial score (nSPS) is 14.2. The molecule has 0 radical (unpaired) electrons. The second-order valence-corrected chi connectivity index (χ2v) is 15.0. The van der Waals surface area contributed by atoms with Crippen LogP contribution in [0.5, 0.6) is 0 Å². The van der Waals surface area contributed by atoms with Crippen molar-refractivity contribution in [2.75, 3.05) is 54.1 Å². The summed E-state index contributed by atoms with van der Waals surface area (Å²) >= 11 is 0. The van der Waals surface area contributed by atoms with Crippen LogP contribution in [0.2, 0.25) is 0 Å². The van der Waals surface area contributed by atoms with Gasteiger partial charge in [-0.05, 0) is 38.5 Å². The van der Waals surface area contributed by atoms with Crippen molar-refractivity contribution in [3.05, 3.63) is 12.2 Å². The lowest BCUT2D eigenvalue weighted by Crippen LogP contribution is -2.37. The smallest absolute Gasteiger partial charge is 0.306 e. The molecule has 0 rings (SSSR count). The van der Waals surface area contributed by atoms with Crippen molar-refractivity contribution in [1.82, 2.24) is 0 Å². The van der Waals surface area contributed by atoms with E-state index in [9.17, 15) is 14.3 Å². The van der Waals surface area contributed by atoms with Gasteiger partial charge in [0.1, 0.15) is 19.3 Å². The lowest BCUT2D eigenvalue weighted by Gasteiger charge is -2.28. The third-order valence-corrected chi connectivity index (χ3v) is 8.78. The standard InChI is InChI=1S/C36H72NO7P/c1-6-8-10-12-14-16-18-19-20-22-24-26-28-31-41-33-35(34-43-45(39,40)42-32-30-37(3,4)5)44-36(38)29-27-25-23-21-17-15-13-11-9-7-2/h14,16,35H,6-13,15,17-34H2,1-5H3/b16-14-. The minimum atomic E-state index is -4.51. The van der Waals surface area contributed by atoms with Crippen LogP contribution >= 0.6 is 7.82 Å². The number of hydrogen-bond acceptors (Lipinski definition) is 7. The van der Waals surface area contributed by atoms with E-state index in [2.05, 4.69) is 26.0 Å². The van der Waals surface area contributed by atoms with E-state index in [1.54, 1.807) is 0 Å². The molecule has 268 valence electrons. The lowest BCUT2D eigenvalue weighted by atomic mass is 10.1. The van der Waals surface area contributed by atoms with Gasteiger partial charge < -0.3 is 27.9 Å². The van der Waals surface area contributed by atoms with Crippen LogP contribution < -0.4 is 4.89 Å². The van der Waals surface area contributed by atoms with Gasteiger partial charge in [0.25, 0.3) is 7.82 Å². The number of quaternary nitrogens is 1. The molecule has 0 aliphatic rings. The molecule has 0 saturated carbocycles. The van der Waals surface area contributed by atoms with E-state index in [4.69, 9.17) is 18.5 Å². The van der Waals surface area contributed by atoms with E-state index in [-0.39, 0.29) is 25.8 Å². The molecule has 0 aromatic heterocycles. The number of hydrogen-bond donors (Lipinski definition) is 0. The van der Waals surface area contributed by atoms with Crippen molar-refractivity contribution >= 4 is 13.8 Å². The van der Waals surface area contributed by atoms with Gasteiger partial charge >= 0.3 is 5.97 Å². The number of unbranched alkanes of at least 4 members (excludes halogenated alkanes) is 18. The van der Waals surface area contributed by atoms with E-state index >= 15 is 0 Å². The molecule has 2 atom stereocenters. The van der Waals surface area contributed by atoms with Gasteiger partial charge in [-0.1, -0.05) is 122 Å². The SMILES string of the molecule is CCCCC/C=C\CCCCCCCCOCC(COP(=O)([O-])OCC[N+](C)(C)C)OC(=O)CCCCCCCCCCCC. The van der Waals surface area contributed by atoms with Gasteiger partial charge in [0.05, 0.1) is 34.4 Å². The van der Waals surface area contributed by atoms with Crippen LogP contribution in [-0.4, -0.2) is 70.7 Å². The van der Waals surface area contributed by atoms with E-state index in [1.807, 2.05) is 21.1 Å². The van der Waals surface area contributed by atoms with Crippen molar-refractivity contribution in [2.45, 2.75) is 161 Å². The third-order valence-electron chi connectivity index (χ3n) is 7.82. The summed E-state index contributed by atoms with van der Waals surface area (Å²) in [7, 11) is 1.36. The van der Waals surface area contributed by atoms with Crippen molar-refractivity contribution in [3.8, 4) is 0 Å². The largest absolute Gasteiger partial charge is 0.756 e. The van der Waals surface area contributed by atoms with Crippen LogP contribution in [0.25, 0.3) is 0 Å². The molecule has 0 bridgehead atoms.